The molecule has 2 aliphatic carbocycles. The summed E-state index contributed by atoms with van der Waals surface area (Å²) in [6.07, 6.45) is 6.44. The quantitative estimate of drug-likeness (QED) is 0.751. The normalized spacial score (nSPS) is 21.1. The number of urea groups is 1. The zero-order valence-electron chi connectivity index (χ0n) is 18.0. The molecule has 10 heteroatoms. The van der Waals surface area contributed by atoms with Crippen molar-refractivity contribution in [2.45, 2.75) is 75.6 Å². The predicted octanol–water partition coefficient (Wildman–Crippen LogP) is 2.84. The largest absolute Gasteiger partial charge is 0.477 e. The Morgan fingerprint density at radius 3 is 2.87 bits per heavy atom. The highest BCUT2D eigenvalue weighted by molar-refractivity contribution is 7.90. The summed E-state index contributed by atoms with van der Waals surface area (Å²) in [7, 11) is -4.14. The Morgan fingerprint density at radius 2 is 2.06 bits per heavy atom. The molecule has 0 saturated heterocycles. The summed E-state index contributed by atoms with van der Waals surface area (Å²) >= 11 is 0. The fourth-order valence-corrected chi connectivity index (χ4v) is 5.84. The first-order chi connectivity index (χ1) is 14.7. The van der Waals surface area contributed by atoms with Crippen LogP contribution in [0.25, 0.3) is 0 Å². The van der Waals surface area contributed by atoms with Gasteiger partial charge in [0.05, 0.1) is 30.2 Å². The highest BCUT2D eigenvalue weighted by Gasteiger charge is 2.37. The van der Waals surface area contributed by atoms with E-state index in [0.717, 1.165) is 66.7 Å². The molecule has 0 radical (unpaired) electrons. The fraction of sp³-hybridized carbons (Fsp3) is 0.571. The molecular formula is C21H27N5O4S. The molecule has 5 rings (SSSR count). The van der Waals surface area contributed by atoms with Gasteiger partial charge in [0.2, 0.25) is 5.88 Å². The Morgan fingerprint density at radius 1 is 1.26 bits per heavy atom. The van der Waals surface area contributed by atoms with E-state index in [4.69, 9.17) is 9.72 Å². The van der Waals surface area contributed by atoms with Crippen LogP contribution in [0.2, 0.25) is 0 Å². The molecule has 3 heterocycles. The first-order valence-electron chi connectivity index (χ1n) is 10.8. The Hall–Kier alpha value is -2.62. The summed E-state index contributed by atoms with van der Waals surface area (Å²) in [5.41, 5.74) is 4.76. The van der Waals surface area contributed by atoms with Crippen LogP contribution in [-0.2, 0) is 34.7 Å². The van der Waals surface area contributed by atoms with E-state index < -0.39 is 16.1 Å². The maximum absolute atomic E-state index is 12.9. The first-order valence-corrected chi connectivity index (χ1v) is 12.2. The number of ether oxygens (including phenoxy) is 1. The Bertz CT molecular complexity index is 1180. The number of rotatable bonds is 3. The minimum absolute atomic E-state index is 0.0341. The van der Waals surface area contributed by atoms with Crippen molar-refractivity contribution in [1.82, 2.24) is 19.5 Å². The molecule has 0 saturated carbocycles. The summed E-state index contributed by atoms with van der Waals surface area (Å²) < 4.78 is 35.1. The number of nitrogens with zero attached hydrogens (tertiary/aromatic N) is 3. The van der Waals surface area contributed by atoms with Crippen LogP contribution >= 0.6 is 0 Å². The summed E-state index contributed by atoms with van der Waals surface area (Å²) in [5, 5.41) is 6.99. The monoisotopic (exact) mass is 445 g/mol. The van der Waals surface area contributed by atoms with Crippen LogP contribution in [0.15, 0.2) is 11.1 Å². The minimum atomic E-state index is -4.14. The third-order valence-electron chi connectivity index (χ3n) is 6.63. The number of hydrogen-bond acceptors (Lipinski definition) is 6. The number of aromatic nitrogens is 3. The summed E-state index contributed by atoms with van der Waals surface area (Å²) in [6.45, 7) is 6.67. The summed E-state index contributed by atoms with van der Waals surface area (Å²) in [4.78, 5) is 17.6. The van der Waals surface area contributed by atoms with Gasteiger partial charge in [0.1, 0.15) is 0 Å². The van der Waals surface area contributed by atoms with Crippen molar-refractivity contribution < 1.29 is 17.9 Å². The molecule has 9 nitrogen and oxygen atoms in total. The van der Waals surface area contributed by atoms with Crippen molar-refractivity contribution in [2.75, 3.05) is 11.9 Å². The molecule has 2 amide bonds. The number of amides is 2. The molecule has 31 heavy (non-hydrogen) atoms. The van der Waals surface area contributed by atoms with Crippen LogP contribution in [0.5, 0.6) is 5.88 Å². The molecule has 2 aromatic heterocycles. The fourth-order valence-electron chi connectivity index (χ4n) is 4.87. The van der Waals surface area contributed by atoms with Crippen molar-refractivity contribution in [3.05, 3.63) is 28.7 Å². The lowest BCUT2D eigenvalue weighted by atomic mass is 9.90. The van der Waals surface area contributed by atoms with Gasteiger partial charge in [-0.2, -0.15) is 5.10 Å². The third-order valence-corrected chi connectivity index (χ3v) is 7.94. The number of aryl methyl sites for hydroxylation is 1. The Labute approximate surface area is 181 Å². The van der Waals surface area contributed by atoms with Gasteiger partial charge in [-0.25, -0.2) is 22.6 Å². The zero-order valence-corrected chi connectivity index (χ0v) is 18.8. The zero-order chi connectivity index (χ0) is 22.0. The number of anilines is 1. The van der Waals surface area contributed by atoms with E-state index in [-0.39, 0.29) is 22.2 Å². The van der Waals surface area contributed by atoms with Gasteiger partial charge in [-0.05, 0) is 50.2 Å². The van der Waals surface area contributed by atoms with E-state index >= 15 is 0 Å². The number of hydrogen-bond donors (Lipinski definition) is 2. The lowest BCUT2D eigenvalue weighted by Gasteiger charge is -2.22. The second kappa shape index (κ2) is 6.94. The van der Waals surface area contributed by atoms with Crippen LogP contribution in [0.4, 0.5) is 10.5 Å². The highest BCUT2D eigenvalue weighted by Crippen LogP contribution is 2.44. The molecule has 166 valence electrons. The third kappa shape index (κ3) is 3.28. The highest BCUT2D eigenvalue weighted by atomic mass is 32.2. The average Bonchev–Trinajstić information content (AvgIpc) is 3.40. The lowest BCUT2D eigenvalue weighted by molar-refractivity contribution is 0.196. The molecule has 2 N–H and O–H groups in total. The van der Waals surface area contributed by atoms with E-state index in [1.165, 1.54) is 6.20 Å². The minimum Gasteiger partial charge on any atom is -0.477 e. The standard InChI is InChI=1S/C21H27N5O4S/c1-12-8-10-30-19-16(11-22-26(12)19)31(28,29)25-20(27)24-17-13-5-4-6-15(13)23-18-14(17)7-9-21(18,2)3/h11-12H,4-10H2,1-3H3,(H2,23,24,25,27). The number of carbonyl (C=O) groups excluding carboxylic acids is 1. The van der Waals surface area contributed by atoms with Gasteiger partial charge in [-0.1, -0.05) is 13.8 Å². The molecule has 1 atom stereocenters. The van der Waals surface area contributed by atoms with Gasteiger partial charge in [0.25, 0.3) is 10.0 Å². The lowest BCUT2D eigenvalue weighted by Crippen LogP contribution is -2.35. The molecule has 1 unspecified atom stereocenters. The van der Waals surface area contributed by atoms with E-state index in [9.17, 15) is 13.2 Å². The van der Waals surface area contributed by atoms with Gasteiger partial charge in [-0.15, -0.1) is 0 Å². The van der Waals surface area contributed by atoms with Gasteiger partial charge in [0.15, 0.2) is 4.90 Å². The molecule has 0 aromatic carbocycles. The number of sulfonamides is 1. The molecule has 2 aromatic rings. The van der Waals surface area contributed by atoms with Gasteiger partial charge < -0.3 is 10.1 Å². The van der Waals surface area contributed by atoms with Crippen molar-refractivity contribution >= 4 is 21.7 Å². The maximum atomic E-state index is 12.9. The van der Waals surface area contributed by atoms with Crippen molar-refractivity contribution in [2.24, 2.45) is 0 Å². The van der Waals surface area contributed by atoms with E-state index in [0.29, 0.717) is 6.61 Å². The van der Waals surface area contributed by atoms with Crippen molar-refractivity contribution in [3.8, 4) is 5.88 Å². The van der Waals surface area contributed by atoms with E-state index in [2.05, 4.69) is 29.0 Å². The number of nitrogens with one attached hydrogen (secondary N) is 2. The number of carbonyl (C=O) groups is 1. The second-order valence-electron chi connectivity index (χ2n) is 9.28. The Kier molecular flexibility index (Phi) is 4.55. The summed E-state index contributed by atoms with van der Waals surface area (Å²) in [5.74, 6) is 0.173. The average molecular weight is 446 g/mol. The van der Waals surface area contributed by atoms with Crippen LogP contribution < -0.4 is 14.8 Å². The molecule has 0 bridgehead atoms. The molecule has 0 spiro atoms. The molecule has 3 aliphatic rings. The predicted molar refractivity (Wildman–Crippen MR) is 114 cm³/mol. The SMILES string of the molecule is CC1CCOc2c(S(=O)(=O)NC(=O)Nc3c4c(nc5c3CCC5(C)C)CCC4)cnn21. The van der Waals surface area contributed by atoms with Crippen LogP contribution in [0, 0.1) is 0 Å². The molecular weight excluding hydrogens is 418 g/mol. The second-order valence-corrected chi connectivity index (χ2v) is 10.9. The van der Waals surface area contributed by atoms with E-state index in [1.54, 1.807) is 4.68 Å². The van der Waals surface area contributed by atoms with Gasteiger partial charge >= 0.3 is 6.03 Å². The number of fused-ring (bicyclic) bond motifs is 3. The molecule has 0 fully saturated rings. The van der Waals surface area contributed by atoms with E-state index in [1.807, 2.05) is 6.92 Å². The number of pyridine rings is 1. The molecule has 1 aliphatic heterocycles. The van der Waals surface area contributed by atoms with Crippen LogP contribution in [0.1, 0.15) is 68.6 Å². The maximum Gasteiger partial charge on any atom is 0.333 e. The smallest absolute Gasteiger partial charge is 0.333 e. The van der Waals surface area contributed by atoms with Crippen molar-refractivity contribution in [1.29, 1.82) is 0 Å². The summed E-state index contributed by atoms with van der Waals surface area (Å²) in [6, 6.07) is -0.747. The van der Waals surface area contributed by atoms with Crippen LogP contribution in [-0.4, -0.2) is 35.8 Å². The topological polar surface area (TPSA) is 115 Å². The van der Waals surface area contributed by atoms with Crippen molar-refractivity contribution in [3.63, 3.8) is 0 Å². The van der Waals surface area contributed by atoms with Gasteiger partial charge in [-0.3, -0.25) is 4.98 Å². The Balaban J connectivity index is 1.44. The van der Waals surface area contributed by atoms with Crippen LogP contribution in [0.3, 0.4) is 0 Å². The first kappa shape index (κ1) is 20.3. The van der Waals surface area contributed by atoms with Gasteiger partial charge in [0, 0.05) is 17.5 Å².